The zero-order valence-corrected chi connectivity index (χ0v) is 21.7. The molecule has 0 aromatic carbocycles. The van der Waals surface area contributed by atoms with Crippen LogP contribution in [-0.2, 0) is 11.2 Å². The normalized spacial score (nSPS) is 20.6. The van der Waals surface area contributed by atoms with Crippen molar-refractivity contribution in [2.45, 2.75) is 26.3 Å². The second kappa shape index (κ2) is 9.08. The van der Waals surface area contributed by atoms with Crippen molar-refractivity contribution in [2.75, 3.05) is 23.3 Å². The van der Waals surface area contributed by atoms with E-state index in [4.69, 9.17) is 23.2 Å². The average molecular weight is 555 g/mol. The van der Waals surface area contributed by atoms with Gasteiger partial charge in [-0.25, -0.2) is 14.8 Å². The molecule has 1 saturated heterocycles. The van der Waals surface area contributed by atoms with Crippen LogP contribution in [0.4, 0.5) is 10.3 Å². The Bertz CT molecular complexity index is 1340. The molecule has 3 aromatic rings. The lowest BCUT2D eigenvalue weighted by molar-refractivity contribution is -0.115. The molecule has 3 aromatic heterocycles. The molecular weight excluding hydrogens is 535 g/mol. The Morgan fingerprint density at radius 3 is 2.49 bits per heavy atom. The van der Waals surface area contributed by atoms with Crippen molar-refractivity contribution in [3.63, 3.8) is 0 Å². The van der Waals surface area contributed by atoms with E-state index in [2.05, 4.69) is 25.6 Å². The van der Waals surface area contributed by atoms with Gasteiger partial charge in [-0.05, 0) is 13.8 Å². The number of hydrogen-bond acceptors (Lipinski definition) is 8. The molecule has 5 rings (SSSR count). The number of anilines is 2. The Morgan fingerprint density at radius 2 is 1.91 bits per heavy atom. The minimum Gasteiger partial charge on any atom is -0.477 e. The SMILES string of the molecule is Cc1csc(NC(=O)Cc2nc(N3C[C@@H]4[C@H](C3)[C@@H]4NC(=O)c3[nH]c(C)c(Cl)c3Cl)sc2C(=O)O)n1. The third-order valence-electron chi connectivity index (χ3n) is 6.12. The number of hydrogen-bond donors (Lipinski definition) is 4. The summed E-state index contributed by atoms with van der Waals surface area (Å²) in [4.78, 5) is 50.4. The van der Waals surface area contributed by atoms with E-state index in [0.717, 1.165) is 17.0 Å². The van der Waals surface area contributed by atoms with Crippen LogP contribution in [0.15, 0.2) is 5.38 Å². The van der Waals surface area contributed by atoms with E-state index in [-0.39, 0.29) is 57.4 Å². The number of thiazole rings is 2. The predicted octanol–water partition coefficient (Wildman–Crippen LogP) is 3.60. The first kappa shape index (κ1) is 24.0. The van der Waals surface area contributed by atoms with Gasteiger partial charge in [0, 0.05) is 42.0 Å². The first-order valence-corrected chi connectivity index (χ1v) is 13.1. The highest BCUT2D eigenvalue weighted by Gasteiger charge is 2.57. The number of aromatic nitrogens is 3. The van der Waals surface area contributed by atoms with Crippen LogP contribution in [-0.4, -0.2) is 57.0 Å². The monoisotopic (exact) mass is 554 g/mol. The van der Waals surface area contributed by atoms with Gasteiger partial charge < -0.3 is 25.6 Å². The first-order chi connectivity index (χ1) is 16.6. The molecule has 1 aliphatic heterocycles. The van der Waals surface area contributed by atoms with Crippen LogP contribution in [0.2, 0.25) is 10.0 Å². The van der Waals surface area contributed by atoms with Crippen LogP contribution in [0.3, 0.4) is 0 Å². The Hall–Kier alpha value is -2.67. The molecule has 2 fully saturated rings. The lowest BCUT2D eigenvalue weighted by Gasteiger charge is -2.19. The molecule has 35 heavy (non-hydrogen) atoms. The van der Waals surface area contributed by atoms with Gasteiger partial charge in [-0.2, -0.15) is 0 Å². The number of nitrogens with zero attached hydrogens (tertiary/aromatic N) is 3. The third kappa shape index (κ3) is 4.63. The molecule has 1 aliphatic carbocycles. The number of H-pyrrole nitrogens is 1. The molecular formula is C21H20Cl2N6O4S2. The number of carbonyl (C=O) groups excluding carboxylic acids is 2. The van der Waals surface area contributed by atoms with Gasteiger partial charge in [0.1, 0.15) is 10.6 Å². The Kier molecular flexibility index (Phi) is 6.24. The first-order valence-electron chi connectivity index (χ1n) is 10.7. The summed E-state index contributed by atoms with van der Waals surface area (Å²) >= 11 is 14.6. The van der Waals surface area contributed by atoms with Crippen molar-refractivity contribution in [1.29, 1.82) is 0 Å². The van der Waals surface area contributed by atoms with Crippen molar-refractivity contribution in [3.8, 4) is 0 Å². The minimum atomic E-state index is -1.12. The van der Waals surface area contributed by atoms with E-state index in [0.29, 0.717) is 34.1 Å². The summed E-state index contributed by atoms with van der Waals surface area (Å²) in [6.07, 6.45) is -0.158. The van der Waals surface area contributed by atoms with Gasteiger partial charge in [-0.15, -0.1) is 11.3 Å². The average Bonchev–Trinajstić information content (AvgIpc) is 3.30. The highest BCUT2D eigenvalue weighted by Crippen LogP contribution is 2.48. The number of carboxylic acids is 1. The maximum atomic E-state index is 12.6. The molecule has 3 atom stereocenters. The summed E-state index contributed by atoms with van der Waals surface area (Å²) < 4.78 is 0. The highest BCUT2D eigenvalue weighted by atomic mass is 35.5. The van der Waals surface area contributed by atoms with Gasteiger partial charge in [0.2, 0.25) is 5.91 Å². The van der Waals surface area contributed by atoms with Gasteiger partial charge >= 0.3 is 5.97 Å². The molecule has 184 valence electrons. The molecule has 2 aliphatic rings. The van der Waals surface area contributed by atoms with Crippen molar-refractivity contribution >= 4 is 73.9 Å². The van der Waals surface area contributed by atoms with Crippen LogP contribution in [0.1, 0.15) is 37.2 Å². The summed E-state index contributed by atoms with van der Waals surface area (Å²) in [5, 5.41) is 18.7. The number of amides is 2. The van der Waals surface area contributed by atoms with Crippen molar-refractivity contribution in [1.82, 2.24) is 20.3 Å². The Balaban J connectivity index is 1.21. The van der Waals surface area contributed by atoms with Gasteiger partial charge in [-0.3, -0.25) is 9.59 Å². The number of carboxylic acid groups (broad SMARTS) is 1. The van der Waals surface area contributed by atoms with Crippen molar-refractivity contribution in [2.24, 2.45) is 11.8 Å². The highest BCUT2D eigenvalue weighted by molar-refractivity contribution is 7.17. The largest absolute Gasteiger partial charge is 0.477 e. The zero-order chi connectivity index (χ0) is 25.0. The second-order valence-corrected chi connectivity index (χ2v) is 11.2. The van der Waals surface area contributed by atoms with E-state index < -0.39 is 5.97 Å². The van der Waals surface area contributed by atoms with Crippen molar-refractivity contribution < 1.29 is 19.5 Å². The quantitative estimate of drug-likeness (QED) is 0.349. The van der Waals surface area contributed by atoms with Crippen LogP contribution >= 0.6 is 45.9 Å². The second-order valence-electron chi connectivity index (χ2n) is 8.58. The molecule has 10 nitrogen and oxygen atoms in total. The molecule has 14 heteroatoms. The standard InChI is InChI=1S/C21H20Cl2N6O4S2/c1-7-6-34-20(24-7)27-12(30)3-11-17(19(32)33)35-21(26-11)29-4-9-10(5-29)15(9)28-18(31)16-14(23)13(22)8(2)25-16/h6,9-10,15,25H,3-5H2,1-2H3,(H,28,31)(H,32,33)(H,24,27,30)/t9-,10+,15-. The molecule has 2 amide bonds. The predicted molar refractivity (Wildman–Crippen MR) is 134 cm³/mol. The van der Waals surface area contributed by atoms with Gasteiger partial charge in [0.05, 0.1) is 27.9 Å². The van der Waals surface area contributed by atoms with Crippen molar-refractivity contribution in [3.05, 3.63) is 43.1 Å². The lowest BCUT2D eigenvalue weighted by atomic mass is 10.2. The van der Waals surface area contributed by atoms with Crippen LogP contribution in [0, 0.1) is 25.7 Å². The molecule has 0 spiro atoms. The smallest absolute Gasteiger partial charge is 0.347 e. The molecule has 0 radical (unpaired) electrons. The topological polar surface area (TPSA) is 140 Å². The molecule has 1 saturated carbocycles. The summed E-state index contributed by atoms with van der Waals surface area (Å²) in [5.74, 6) is -1.35. The summed E-state index contributed by atoms with van der Waals surface area (Å²) in [7, 11) is 0. The summed E-state index contributed by atoms with van der Waals surface area (Å²) in [6, 6.07) is 0.00288. The fourth-order valence-corrected chi connectivity index (χ4v) is 6.40. The number of rotatable bonds is 7. The lowest BCUT2D eigenvalue weighted by Crippen LogP contribution is -2.34. The van der Waals surface area contributed by atoms with Crippen LogP contribution in [0.25, 0.3) is 0 Å². The minimum absolute atomic E-state index is 0.00288. The fraction of sp³-hybridized carbons (Fsp3) is 0.381. The van der Waals surface area contributed by atoms with Crippen LogP contribution < -0.4 is 15.5 Å². The Labute approximate surface area is 217 Å². The molecule has 4 heterocycles. The van der Waals surface area contributed by atoms with Gasteiger partial charge in [-0.1, -0.05) is 34.5 Å². The zero-order valence-electron chi connectivity index (χ0n) is 18.5. The fourth-order valence-electron chi connectivity index (χ4n) is 4.34. The molecule has 0 bridgehead atoms. The molecule has 0 unspecified atom stereocenters. The number of carbonyl (C=O) groups is 3. The van der Waals surface area contributed by atoms with Crippen LogP contribution in [0.5, 0.6) is 0 Å². The van der Waals surface area contributed by atoms with E-state index in [9.17, 15) is 19.5 Å². The third-order valence-corrected chi connectivity index (χ3v) is 9.09. The number of nitrogens with one attached hydrogen (secondary N) is 3. The maximum absolute atomic E-state index is 12.6. The summed E-state index contributed by atoms with van der Waals surface area (Å²) in [5.41, 5.74) is 1.90. The number of aromatic carboxylic acids is 1. The Morgan fingerprint density at radius 1 is 1.20 bits per heavy atom. The van der Waals surface area contributed by atoms with E-state index in [1.807, 2.05) is 17.2 Å². The van der Waals surface area contributed by atoms with E-state index in [1.165, 1.54) is 11.3 Å². The number of piperidine rings is 1. The maximum Gasteiger partial charge on any atom is 0.347 e. The molecule has 4 N–H and O–H groups in total. The number of aromatic amines is 1. The van der Waals surface area contributed by atoms with Gasteiger partial charge in [0.15, 0.2) is 10.3 Å². The van der Waals surface area contributed by atoms with Gasteiger partial charge in [0.25, 0.3) is 5.91 Å². The number of fused-ring (bicyclic) bond motifs is 1. The number of halogens is 2. The van der Waals surface area contributed by atoms with E-state index in [1.54, 1.807) is 6.92 Å². The van der Waals surface area contributed by atoms with E-state index >= 15 is 0 Å². The number of aryl methyl sites for hydroxylation is 2. The summed E-state index contributed by atoms with van der Waals surface area (Å²) in [6.45, 7) is 4.82.